The van der Waals surface area contributed by atoms with Crippen molar-refractivity contribution < 1.29 is 19.4 Å². The highest BCUT2D eigenvalue weighted by Gasteiger charge is 2.10. The highest BCUT2D eigenvalue weighted by Crippen LogP contribution is 2.17. The summed E-state index contributed by atoms with van der Waals surface area (Å²) in [6.45, 7) is 3.48. The summed E-state index contributed by atoms with van der Waals surface area (Å²) in [6.07, 6.45) is 3.15. The van der Waals surface area contributed by atoms with Crippen molar-refractivity contribution in [2.45, 2.75) is 6.42 Å². The molecule has 2 rings (SSSR count). The number of anilines is 1. The van der Waals surface area contributed by atoms with Gasteiger partial charge in [0.05, 0.1) is 19.6 Å². The maximum absolute atomic E-state index is 11.9. The molecule has 0 spiro atoms. The number of hydrogen-bond donors (Lipinski definition) is 1. The molecule has 6 nitrogen and oxygen atoms in total. The number of amides is 1. The molecule has 0 aromatic heterocycles. The van der Waals surface area contributed by atoms with Crippen molar-refractivity contribution in [3.63, 3.8) is 0 Å². The number of aliphatic carboxylic acids is 1. The molecular formula is C17H22N2O4. The molecule has 0 unspecified atom stereocenters. The van der Waals surface area contributed by atoms with E-state index in [1.54, 1.807) is 13.1 Å². The molecule has 1 fully saturated rings. The van der Waals surface area contributed by atoms with Gasteiger partial charge in [-0.2, -0.15) is 0 Å². The fourth-order valence-corrected chi connectivity index (χ4v) is 2.29. The maximum Gasteiger partial charge on any atom is 0.305 e. The lowest BCUT2D eigenvalue weighted by Gasteiger charge is -2.28. The molecule has 1 heterocycles. The first-order valence-corrected chi connectivity index (χ1v) is 7.64. The van der Waals surface area contributed by atoms with Crippen LogP contribution in [0.2, 0.25) is 0 Å². The topological polar surface area (TPSA) is 70.1 Å². The van der Waals surface area contributed by atoms with Crippen LogP contribution in [0, 0.1) is 0 Å². The second-order valence-electron chi connectivity index (χ2n) is 5.43. The Morgan fingerprint density at radius 2 is 1.91 bits per heavy atom. The van der Waals surface area contributed by atoms with Crippen molar-refractivity contribution in [2.75, 3.05) is 44.8 Å². The lowest BCUT2D eigenvalue weighted by atomic mass is 10.1. The number of carboxylic acids is 1. The van der Waals surface area contributed by atoms with Crippen LogP contribution in [0.25, 0.3) is 6.08 Å². The Hall–Kier alpha value is -2.34. The van der Waals surface area contributed by atoms with Crippen LogP contribution in [0.15, 0.2) is 30.3 Å². The van der Waals surface area contributed by atoms with E-state index < -0.39 is 5.97 Å². The third-order valence-corrected chi connectivity index (χ3v) is 3.72. The van der Waals surface area contributed by atoms with Gasteiger partial charge in [0.25, 0.3) is 0 Å². The standard InChI is InChI=1S/C17H22N2O4/c1-18(9-8-17(21)22)16(20)7-4-14-2-5-15(6-3-14)19-10-12-23-13-11-19/h2-7H,8-13H2,1H3,(H,21,22). The average molecular weight is 318 g/mol. The Kier molecular flexibility index (Phi) is 6.17. The third-order valence-electron chi connectivity index (χ3n) is 3.72. The molecule has 1 N–H and O–H groups in total. The van der Waals surface area contributed by atoms with Gasteiger partial charge in [0.1, 0.15) is 0 Å². The molecule has 1 amide bonds. The number of ether oxygens (including phenoxy) is 1. The second-order valence-corrected chi connectivity index (χ2v) is 5.43. The summed E-state index contributed by atoms with van der Waals surface area (Å²) in [5.41, 5.74) is 2.08. The lowest BCUT2D eigenvalue weighted by molar-refractivity contribution is -0.137. The Morgan fingerprint density at radius 3 is 2.52 bits per heavy atom. The van der Waals surface area contributed by atoms with E-state index >= 15 is 0 Å². The normalized spacial score (nSPS) is 14.9. The minimum Gasteiger partial charge on any atom is -0.481 e. The van der Waals surface area contributed by atoms with Gasteiger partial charge in [-0.1, -0.05) is 12.1 Å². The monoisotopic (exact) mass is 318 g/mol. The third kappa shape index (κ3) is 5.41. The molecule has 124 valence electrons. The fourth-order valence-electron chi connectivity index (χ4n) is 2.29. The second kappa shape index (κ2) is 8.33. The number of nitrogens with zero attached hydrogens (tertiary/aromatic N) is 2. The van der Waals surface area contributed by atoms with Gasteiger partial charge in [0.2, 0.25) is 5.91 Å². The van der Waals surface area contributed by atoms with E-state index in [0.717, 1.165) is 37.6 Å². The summed E-state index contributed by atoms with van der Waals surface area (Å²) < 4.78 is 5.34. The van der Waals surface area contributed by atoms with E-state index in [-0.39, 0.29) is 18.9 Å². The summed E-state index contributed by atoms with van der Waals surface area (Å²) >= 11 is 0. The van der Waals surface area contributed by atoms with Crippen LogP contribution in [0.3, 0.4) is 0 Å². The van der Waals surface area contributed by atoms with E-state index in [1.165, 1.54) is 11.0 Å². The molecular weight excluding hydrogens is 296 g/mol. The van der Waals surface area contributed by atoms with Crippen molar-refractivity contribution >= 4 is 23.6 Å². The van der Waals surface area contributed by atoms with Crippen LogP contribution < -0.4 is 4.90 Å². The molecule has 0 saturated carbocycles. The summed E-state index contributed by atoms with van der Waals surface area (Å²) in [5, 5.41) is 8.62. The predicted molar refractivity (Wildman–Crippen MR) is 88.4 cm³/mol. The minimum atomic E-state index is -0.910. The number of morpholine rings is 1. The molecule has 1 aromatic rings. The number of benzene rings is 1. The average Bonchev–Trinajstić information content (AvgIpc) is 2.58. The number of carbonyl (C=O) groups is 2. The molecule has 0 radical (unpaired) electrons. The predicted octanol–water partition coefficient (Wildman–Crippen LogP) is 1.47. The van der Waals surface area contributed by atoms with Crippen LogP contribution >= 0.6 is 0 Å². The summed E-state index contributed by atoms with van der Waals surface area (Å²) in [7, 11) is 1.59. The SMILES string of the molecule is CN(CCC(=O)O)C(=O)C=Cc1ccc(N2CCOCC2)cc1. The van der Waals surface area contributed by atoms with Crippen molar-refractivity contribution in [1.29, 1.82) is 0 Å². The van der Waals surface area contributed by atoms with E-state index in [2.05, 4.69) is 4.90 Å². The van der Waals surface area contributed by atoms with E-state index in [1.807, 2.05) is 24.3 Å². The van der Waals surface area contributed by atoms with Gasteiger partial charge in [-0.05, 0) is 23.8 Å². The fraction of sp³-hybridized carbons (Fsp3) is 0.412. The highest BCUT2D eigenvalue weighted by molar-refractivity contribution is 5.91. The minimum absolute atomic E-state index is 0.0513. The Morgan fingerprint density at radius 1 is 1.26 bits per heavy atom. The number of likely N-dealkylation sites (N-methyl/N-ethyl adjacent to an activating group) is 1. The first kappa shape index (κ1) is 17.0. The molecule has 1 saturated heterocycles. The Balaban J connectivity index is 1.89. The van der Waals surface area contributed by atoms with Crippen LogP contribution in [0.4, 0.5) is 5.69 Å². The first-order valence-electron chi connectivity index (χ1n) is 7.64. The van der Waals surface area contributed by atoms with Crippen molar-refractivity contribution in [3.05, 3.63) is 35.9 Å². The molecule has 0 atom stereocenters. The van der Waals surface area contributed by atoms with Crippen LogP contribution in [-0.2, 0) is 14.3 Å². The molecule has 6 heteroatoms. The molecule has 0 bridgehead atoms. The number of carbonyl (C=O) groups excluding carboxylic acids is 1. The molecule has 23 heavy (non-hydrogen) atoms. The number of hydrogen-bond acceptors (Lipinski definition) is 4. The Bertz CT molecular complexity index is 562. The van der Waals surface area contributed by atoms with Crippen molar-refractivity contribution in [2.24, 2.45) is 0 Å². The van der Waals surface area contributed by atoms with Crippen molar-refractivity contribution in [1.82, 2.24) is 4.90 Å². The maximum atomic E-state index is 11.9. The van der Waals surface area contributed by atoms with Crippen LogP contribution in [0.5, 0.6) is 0 Å². The van der Waals surface area contributed by atoms with Gasteiger partial charge in [0, 0.05) is 38.4 Å². The Labute approximate surface area is 136 Å². The zero-order chi connectivity index (χ0) is 16.7. The molecule has 1 aliphatic rings. The largest absolute Gasteiger partial charge is 0.481 e. The molecule has 1 aliphatic heterocycles. The zero-order valence-electron chi connectivity index (χ0n) is 13.3. The van der Waals surface area contributed by atoms with Crippen molar-refractivity contribution in [3.8, 4) is 0 Å². The lowest BCUT2D eigenvalue weighted by Crippen LogP contribution is -2.36. The van der Waals surface area contributed by atoms with Gasteiger partial charge >= 0.3 is 5.97 Å². The summed E-state index contributed by atoms with van der Waals surface area (Å²) in [4.78, 5) is 26.0. The van der Waals surface area contributed by atoms with Crippen LogP contribution in [-0.4, -0.2) is 61.8 Å². The smallest absolute Gasteiger partial charge is 0.305 e. The van der Waals surface area contributed by atoms with Gasteiger partial charge in [-0.25, -0.2) is 0 Å². The highest BCUT2D eigenvalue weighted by atomic mass is 16.5. The molecule has 0 aliphatic carbocycles. The van der Waals surface area contributed by atoms with Gasteiger partial charge in [-0.3, -0.25) is 9.59 Å². The first-order chi connectivity index (χ1) is 11.1. The summed E-state index contributed by atoms with van der Waals surface area (Å²) in [6, 6.07) is 7.99. The number of rotatable bonds is 6. The van der Waals surface area contributed by atoms with E-state index in [9.17, 15) is 9.59 Å². The molecule has 1 aromatic carbocycles. The van der Waals surface area contributed by atoms with Gasteiger partial charge in [-0.15, -0.1) is 0 Å². The number of carboxylic acid groups (broad SMARTS) is 1. The van der Waals surface area contributed by atoms with Gasteiger partial charge < -0.3 is 19.6 Å². The van der Waals surface area contributed by atoms with E-state index in [0.29, 0.717) is 0 Å². The van der Waals surface area contributed by atoms with Gasteiger partial charge in [0.15, 0.2) is 0 Å². The zero-order valence-corrected chi connectivity index (χ0v) is 13.3. The van der Waals surface area contributed by atoms with Crippen LogP contribution in [0.1, 0.15) is 12.0 Å². The van der Waals surface area contributed by atoms with E-state index in [4.69, 9.17) is 9.84 Å². The summed E-state index contributed by atoms with van der Waals surface area (Å²) in [5.74, 6) is -1.11. The quantitative estimate of drug-likeness (QED) is 0.804.